The second kappa shape index (κ2) is 10.7. The van der Waals surface area contributed by atoms with Gasteiger partial charge in [0.05, 0.1) is 35.7 Å². The summed E-state index contributed by atoms with van der Waals surface area (Å²) in [5, 5.41) is 2.66. The third-order valence-corrected chi connectivity index (χ3v) is 5.88. The van der Waals surface area contributed by atoms with E-state index in [1.54, 1.807) is 29.6 Å². The van der Waals surface area contributed by atoms with Crippen molar-refractivity contribution >= 4 is 45.6 Å². The summed E-state index contributed by atoms with van der Waals surface area (Å²) in [6.45, 7) is 7.59. The van der Waals surface area contributed by atoms with Crippen molar-refractivity contribution in [2.24, 2.45) is 0 Å². The van der Waals surface area contributed by atoms with E-state index in [1.165, 1.54) is 30.3 Å². The number of esters is 1. The second-order valence-electron chi connectivity index (χ2n) is 7.26. The molecule has 33 heavy (non-hydrogen) atoms. The maximum absolute atomic E-state index is 12.5. The van der Waals surface area contributed by atoms with E-state index in [4.69, 9.17) is 25.8 Å². The van der Waals surface area contributed by atoms with Crippen LogP contribution in [0.1, 0.15) is 41.0 Å². The van der Waals surface area contributed by atoms with Gasteiger partial charge in [0.25, 0.3) is 0 Å². The molecule has 0 spiro atoms. The molecule has 7 nitrogen and oxygen atoms in total. The number of carbonyl (C=O) groups excluding carboxylic acids is 2. The number of hydrogen-bond acceptors (Lipinski definition) is 7. The standard InChI is InChI=1S/C24H25ClN2O5S/c1-6-31-20-8-7-17(11-21(20)30-5)23(29)32-12-18-13-33-24(26-18)27(16(4)28)22-15(3)9-14(2)10-19(22)25/h7-11,13H,6,12H2,1-5H3. The Bertz CT molecular complexity index is 1150. The Balaban J connectivity index is 1.76. The lowest BCUT2D eigenvalue weighted by Crippen LogP contribution is -2.24. The molecule has 0 atom stereocenters. The number of carbonyl (C=O) groups is 2. The molecule has 3 aromatic rings. The first-order valence-electron chi connectivity index (χ1n) is 10.2. The van der Waals surface area contributed by atoms with E-state index in [1.807, 2.05) is 26.8 Å². The van der Waals surface area contributed by atoms with Gasteiger partial charge >= 0.3 is 5.97 Å². The zero-order chi connectivity index (χ0) is 24.1. The predicted octanol–water partition coefficient (Wildman–Crippen LogP) is 5.86. The van der Waals surface area contributed by atoms with Gasteiger partial charge < -0.3 is 14.2 Å². The quantitative estimate of drug-likeness (QED) is 0.369. The topological polar surface area (TPSA) is 78.0 Å². The molecule has 0 saturated carbocycles. The van der Waals surface area contributed by atoms with E-state index >= 15 is 0 Å². The van der Waals surface area contributed by atoms with Gasteiger partial charge in [-0.2, -0.15) is 0 Å². The van der Waals surface area contributed by atoms with E-state index in [0.717, 1.165) is 11.1 Å². The van der Waals surface area contributed by atoms with Crippen LogP contribution in [0.2, 0.25) is 5.02 Å². The SMILES string of the molecule is CCOc1ccc(C(=O)OCc2csc(N(C(C)=O)c3c(C)cc(C)cc3Cl)n2)cc1OC. The number of benzene rings is 2. The summed E-state index contributed by atoms with van der Waals surface area (Å²) in [5.74, 6) is 0.259. The Kier molecular flexibility index (Phi) is 7.94. The summed E-state index contributed by atoms with van der Waals surface area (Å²) < 4.78 is 16.2. The van der Waals surface area contributed by atoms with Crippen LogP contribution in [-0.4, -0.2) is 30.6 Å². The highest BCUT2D eigenvalue weighted by atomic mass is 35.5. The lowest BCUT2D eigenvalue weighted by Gasteiger charge is -2.22. The van der Waals surface area contributed by atoms with Crippen molar-refractivity contribution in [3.63, 3.8) is 0 Å². The van der Waals surface area contributed by atoms with E-state index in [0.29, 0.717) is 45.2 Å². The lowest BCUT2D eigenvalue weighted by molar-refractivity contribution is -0.115. The summed E-state index contributed by atoms with van der Waals surface area (Å²) >= 11 is 7.72. The van der Waals surface area contributed by atoms with Crippen LogP contribution in [-0.2, 0) is 16.1 Å². The number of halogens is 1. The largest absolute Gasteiger partial charge is 0.493 e. The maximum atomic E-state index is 12.5. The molecule has 2 aromatic carbocycles. The monoisotopic (exact) mass is 488 g/mol. The molecular formula is C24H25ClN2O5S. The van der Waals surface area contributed by atoms with Crippen LogP contribution in [0.15, 0.2) is 35.7 Å². The number of rotatable bonds is 8. The van der Waals surface area contributed by atoms with Crippen LogP contribution in [0.5, 0.6) is 11.5 Å². The van der Waals surface area contributed by atoms with Crippen LogP contribution in [0.25, 0.3) is 0 Å². The molecular weight excluding hydrogens is 464 g/mol. The van der Waals surface area contributed by atoms with Crippen LogP contribution in [0.4, 0.5) is 10.8 Å². The zero-order valence-electron chi connectivity index (χ0n) is 19.1. The first kappa shape index (κ1) is 24.5. The number of aryl methyl sites for hydroxylation is 2. The number of amides is 1. The molecule has 1 amide bonds. The van der Waals surface area contributed by atoms with Crippen molar-refractivity contribution in [3.05, 3.63) is 63.1 Å². The number of aromatic nitrogens is 1. The van der Waals surface area contributed by atoms with Gasteiger partial charge in [0.15, 0.2) is 16.6 Å². The molecule has 1 aromatic heterocycles. The van der Waals surface area contributed by atoms with E-state index < -0.39 is 5.97 Å². The number of nitrogens with zero attached hydrogens (tertiary/aromatic N) is 2. The molecule has 0 aliphatic carbocycles. The number of hydrogen-bond donors (Lipinski definition) is 0. The van der Waals surface area contributed by atoms with Gasteiger partial charge in [-0.1, -0.05) is 17.7 Å². The highest BCUT2D eigenvalue weighted by Crippen LogP contribution is 2.37. The zero-order valence-corrected chi connectivity index (χ0v) is 20.7. The van der Waals surface area contributed by atoms with E-state index in [9.17, 15) is 9.59 Å². The van der Waals surface area contributed by atoms with Gasteiger partial charge in [0.2, 0.25) is 5.91 Å². The Morgan fingerprint density at radius 3 is 2.55 bits per heavy atom. The van der Waals surface area contributed by atoms with E-state index in [-0.39, 0.29) is 12.5 Å². The van der Waals surface area contributed by atoms with Gasteiger partial charge in [-0.3, -0.25) is 9.69 Å². The van der Waals surface area contributed by atoms with Crippen LogP contribution >= 0.6 is 22.9 Å². The minimum atomic E-state index is -0.522. The van der Waals surface area contributed by atoms with Gasteiger partial charge in [0, 0.05) is 12.3 Å². The molecule has 9 heteroatoms. The molecule has 0 bridgehead atoms. The molecule has 0 N–H and O–H groups in total. The smallest absolute Gasteiger partial charge is 0.338 e. The molecule has 0 aliphatic rings. The number of anilines is 2. The average Bonchev–Trinajstić information content (AvgIpc) is 3.23. The van der Waals surface area contributed by atoms with Crippen molar-refractivity contribution in [2.45, 2.75) is 34.3 Å². The summed E-state index contributed by atoms with van der Waals surface area (Å²) in [7, 11) is 1.51. The summed E-state index contributed by atoms with van der Waals surface area (Å²) in [4.78, 5) is 30.9. The Morgan fingerprint density at radius 2 is 1.91 bits per heavy atom. The van der Waals surface area contributed by atoms with Crippen LogP contribution in [0, 0.1) is 13.8 Å². The van der Waals surface area contributed by atoms with Crippen molar-refractivity contribution < 1.29 is 23.8 Å². The number of methoxy groups -OCH3 is 1. The molecule has 174 valence electrons. The highest BCUT2D eigenvalue weighted by molar-refractivity contribution is 7.14. The number of thiazole rings is 1. The molecule has 0 unspecified atom stereocenters. The fraction of sp³-hybridized carbons (Fsp3) is 0.292. The van der Waals surface area contributed by atoms with Gasteiger partial charge in [-0.05, 0) is 56.2 Å². The Hall–Kier alpha value is -3.10. The summed E-state index contributed by atoms with van der Waals surface area (Å²) in [5.41, 5.74) is 3.31. The van der Waals surface area contributed by atoms with Crippen molar-refractivity contribution in [1.82, 2.24) is 4.98 Å². The van der Waals surface area contributed by atoms with Crippen LogP contribution < -0.4 is 14.4 Å². The van der Waals surface area contributed by atoms with Crippen molar-refractivity contribution in [3.8, 4) is 11.5 Å². The fourth-order valence-corrected chi connectivity index (χ4v) is 4.60. The normalized spacial score (nSPS) is 10.6. The van der Waals surface area contributed by atoms with Gasteiger partial charge in [-0.25, -0.2) is 9.78 Å². The Morgan fingerprint density at radius 1 is 1.15 bits per heavy atom. The minimum absolute atomic E-state index is 0.0444. The Labute approximate surface area is 201 Å². The van der Waals surface area contributed by atoms with Crippen molar-refractivity contribution in [2.75, 3.05) is 18.6 Å². The molecule has 0 radical (unpaired) electrons. The second-order valence-corrected chi connectivity index (χ2v) is 8.51. The first-order chi connectivity index (χ1) is 15.7. The van der Waals surface area contributed by atoms with Gasteiger partial charge in [0.1, 0.15) is 6.61 Å². The van der Waals surface area contributed by atoms with E-state index in [2.05, 4.69) is 4.98 Å². The molecule has 1 heterocycles. The summed E-state index contributed by atoms with van der Waals surface area (Å²) in [6, 6.07) is 8.61. The lowest BCUT2D eigenvalue weighted by atomic mass is 10.1. The number of ether oxygens (including phenoxy) is 3. The molecule has 0 aliphatic heterocycles. The average molecular weight is 489 g/mol. The van der Waals surface area contributed by atoms with Crippen LogP contribution in [0.3, 0.4) is 0 Å². The molecule has 3 rings (SSSR count). The van der Waals surface area contributed by atoms with Gasteiger partial charge in [-0.15, -0.1) is 11.3 Å². The third kappa shape index (κ3) is 5.64. The minimum Gasteiger partial charge on any atom is -0.493 e. The summed E-state index contributed by atoms with van der Waals surface area (Å²) in [6.07, 6.45) is 0. The highest BCUT2D eigenvalue weighted by Gasteiger charge is 2.23. The molecule has 0 fully saturated rings. The third-order valence-electron chi connectivity index (χ3n) is 4.72. The molecule has 0 saturated heterocycles. The fourth-order valence-electron chi connectivity index (χ4n) is 3.34. The first-order valence-corrected chi connectivity index (χ1v) is 11.5. The van der Waals surface area contributed by atoms with Crippen molar-refractivity contribution in [1.29, 1.82) is 0 Å². The predicted molar refractivity (Wildman–Crippen MR) is 129 cm³/mol. The maximum Gasteiger partial charge on any atom is 0.338 e.